The van der Waals surface area contributed by atoms with Gasteiger partial charge in [0.1, 0.15) is 17.3 Å². The van der Waals surface area contributed by atoms with Gasteiger partial charge >= 0.3 is 0 Å². The van der Waals surface area contributed by atoms with Crippen LogP contribution >= 0.6 is 0 Å². The van der Waals surface area contributed by atoms with E-state index in [2.05, 4.69) is 15.0 Å². The van der Waals surface area contributed by atoms with E-state index < -0.39 is 0 Å². The zero-order chi connectivity index (χ0) is 20.5. The SMILES string of the molecule is COc1cc(C(=O)c2cnc(-c3c[nH]c4cccc(O)c34)[nH]2)cc(OC)c1OC. The molecule has 0 atom stereocenters. The minimum Gasteiger partial charge on any atom is -0.507 e. The fraction of sp³-hybridized carbons (Fsp3) is 0.143. The molecule has 0 aliphatic rings. The zero-order valence-electron chi connectivity index (χ0n) is 16.1. The molecule has 3 N–H and O–H groups in total. The Balaban J connectivity index is 1.74. The first-order valence-electron chi connectivity index (χ1n) is 8.76. The van der Waals surface area contributed by atoms with Crippen molar-refractivity contribution in [1.29, 1.82) is 0 Å². The van der Waals surface area contributed by atoms with Gasteiger partial charge in [-0.05, 0) is 24.3 Å². The first-order chi connectivity index (χ1) is 14.1. The standard InChI is InChI=1S/C21H19N3O5/c1-27-16-7-11(8-17(28-2)20(16)29-3)19(26)14-10-23-21(24-14)12-9-22-13-5-4-6-15(25)18(12)13/h4-10,22,25H,1-3H3,(H,23,24). The summed E-state index contributed by atoms with van der Waals surface area (Å²) in [4.78, 5) is 23.5. The van der Waals surface area contributed by atoms with Gasteiger partial charge in [0.2, 0.25) is 11.5 Å². The number of aromatic nitrogens is 3. The number of phenols is 1. The predicted molar refractivity (Wildman–Crippen MR) is 107 cm³/mol. The molecule has 0 unspecified atom stereocenters. The van der Waals surface area contributed by atoms with E-state index in [1.807, 2.05) is 6.07 Å². The molecule has 0 spiro atoms. The summed E-state index contributed by atoms with van der Waals surface area (Å²) in [6.07, 6.45) is 3.19. The van der Waals surface area contributed by atoms with Gasteiger partial charge in [0, 0.05) is 22.8 Å². The summed E-state index contributed by atoms with van der Waals surface area (Å²) >= 11 is 0. The van der Waals surface area contributed by atoms with E-state index in [0.717, 1.165) is 5.52 Å². The molecule has 2 aromatic heterocycles. The Morgan fingerprint density at radius 3 is 2.45 bits per heavy atom. The van der Waals surface area contributed by atoms with Gasteiger partial charge in [-0.2, -0.15) is 0 Å². The molecule has 8 nitrogen and oxygen atoms in total. The molecule has 4 aromatic rings. The highest BCUT2D eigenvalue weighted by atomic mass is 16.5. The number of carbonyl (C=O) groups excluding carboxylic acids is 1. The molecular formula is C21H19N3O5. The summed E-state index contributed by atoms with van der Waals surface area (Å²) in [5.74, 6) is 1.49. The minimum atomic E-state index is -0.285. The molecule has 0 saturated heterocycles. The van der Waals surface area contributed by atoms with Crippen LogP contribution in [0.15, 0.2) is 42.7 Å². The fourth-order valence-corrected chi connectivity index (χ4v) is 3.29. The maximum absolute atomic E-state index is 13.0. The lowest BCUT2D eigenvalue weighted by Gasteiger charge is -2.13. The number of nitrogens with one attached hydrogen (secondary N) is 2. The molecule has 0 fully saturated rings. The number of imidazole rings is 1. The number of ketones is 1. The predicted octanol–water partition coefficient (Wildman–Crippen LogP) is 3.52. The molecule has 2 heterocycles. The van der Waals surface area contributed by atoms with E-state index in [9.17, 15) is 9.90 Å². The van der Waals surface area contributed by atoms with Crippen LogP contribution in [-0.2, 0) is 0 Å². The number of ether oxygens (including phenoxy) is 3. The van der Waals surface area contributed by atoms with Crippen molar-refractivity contribution < 1.29 is 24.1 Å². The number of phenolic OH excluding ortho intramolecular Hbond substituents is 1. The van der Waals surface area contributed by atoms with E-state index in [0.29, 0.717) is 45.3 Å². The Kier molecular flexibility index (Phi) is 4.59. The van der Waals surface area contributed by atoms with E-state index in [1.54, 1.807) is 30.5 Å². The van der Waals surface area contributed by atoms with Crippen LogP contribution in [-0.4, -0.2) is 47.2 Å². The third-order valence-corrected chi connectivity index (χ3v) is 4.69. The number of benzene rings is 2. The molecule has 0 amide bonds. The summed E-state index contributed by atoms with van der Waals surface area (Å²) in [5, 5.41) is 10.8. The van der Waals surface area contributed by atoms with E-state index in [-0.39, 0.29) is 11.5 Å². The number of hydrogen-bond donors (Lipinski definition) is 3. The van der Waals surface area contributed by atoms with Gasteiger partial charge < -0.3 is 29.3 Å². The van der Waals surface area contributed by atoms with Crippen molar-refractivity contribution in [3.63, 3.8) is 0 Å². The quantitative estimate of drug-likeness (QED) is 0.433. The lowest BCUT2D eigenvalue weighted by molar-refractivity contribution is 0.103. The zero-order valence-corrected chi connectivity index (χ0v) is 16.1. The highest BCUT2D eigenvalue weighted by Gasteiger charge is 2.20. The van der Waals surface area contributed by atoms with Crippen LogP contribution in [0.2, 0.25) is 0 Å². The maximum atomic E-state index is 13.0. The number of aromatic hydroxyl groups is 1. The van der Waals surface area contributed by atoms with Crippen LogP contribution in [0.25, 0.3) is 22.3 Å². The Morgan fingerprint density at radius 2 is 1.79 bits per heavy atom. The van der Waals surface area contributed by atoms with Crippen LogP contribution in [0.5, 0.6) is 23.0 Å². The summed E-state index contributed by atoms with van der Waals surface area (Å²) in [5.41, 5.74) is 2.09. The molecular weight excluding hydrogens is 374 g/mol. The normalized spacial score (nSPS) is 10.9. The van der Waals surface area contributed by atoms with Crippen molar-refractivity contribution in [2.24, 2.45) is 0 Å². The van der Waals surface area contributed by atoms with Crippen LogP contribution in [0.3, 0.4) is 0 Å². The number of nitrogens with zero attached hydrogens (tertiary/aromatic N) is 1. The summed E-state index contributed by atoms with van der Waals surface area (Å²) in [7, 11) is 4.48. The highest BCUT2D eigenvalue weighted by Crippen LogP contribution is 2.39. The topological polar surface area (TPSA) is 109 Å². The smallest absolute Gasteiger partial charge is 0.211 e. The first-order valence-corrected chi connectivity index (χ1v) is 8.76. The van der Waals surface area contributed by atoms with Crippen LogP contribution in [0.4, 0.5) is 0 Å². The Bertz CT molecular complexity index is 1180. The van der Waals surface area contributed by atoms with Gasteiger partial charge in [-0.3, -0.25) is 4.79 Å². The van der Waals surface area contributed by atoms with Crippen molar-refractivity contribution in [2.45, 2.75) is 0 Å². The Hall–Kier alpha value is -3.94. The average molecular weight is 393 g/mol. The lowest BCUT2D eigenvalue weighted by atomic mass is 10.1. The Morgan fingerprint density at radius 1 is 1.07 bits per heavy atom. The molecule has 0 bridgehead atoms. The molecule has 0 aliphatic heterocycles. The number of H-pyrrole nitrogens is 2. The van der Waals surface area contributed by atoms with E-state index in [1.165, 1.54) is 27.5 Å². The van der Waals surface area contributed by atoms with Gasteiger partial charge in [-0.15, -0.1) is 0 Å². The number of aromatic amines is 2. The summed E-state index contributed by atoms with van der Waals surface area (Å²) in [6.45, 7) is 0. The van der Waals surface area contributed by atoms with Gasteiger partial charge in [0.25, 0.3) is 0 Å². The van der Waals surface area contributed by atoms with Crippen molar-refractivity contribution in [3.8, 4) is 34.4 Å². The maximum Gasteiger partial charge on any atom is 0.211 e. The third-order valence-electron chi connectivity index (χ3n) is 4.69. The van der Waals surface area contributed by atoms with E-state index >= 15 is 0 Å². The Labute approximate surface area is 166 Å². The molecule has 2 aromatic carbocycles. The molecule has 0 saturated carbocycles. The number of hydrogen-bond acceptors (Lipinski definition) is 6. The summed E-state index contributed by atoms with van der Waals surface area (Å²) in [6, 6.07) is 8.37. The third kappa shape index (κ3) is 3.04. The van der Waals surface area contributed by atoms with Crippen molar-refractivity contribution >= 4 is 16.7 Å². The average Bonchev–Trinajstić information content (AvgIpc) is 3.39. The number of carbonyl (C=O) groups is 1. The van der Waals surface area contributed by atoms with Gasteiger partial charge in [0.15, 0.2) is 11.5 Å². The lowest BCUT2D eigenvalue weighted by Crippen LogP contribution is -2.04. The second-order valence-electron chi connectivity index (χ2n) is 6.29. The van der Waals surface area contributed by atoms with E-state index in [4.69, 9.17) is 14.2 Å². The van der Waals surface area contributed by atoms with Crippen molar-refractivity contribution in [2.75, 3.05) is 21.3 Å². The highest BCUT2D eigenvalue weighted by molar-refractivity contribution is 6.09. The van der Waals surface area contributed by atoms with Crippen LogP contribution < -0.4 is 14.2 Å². The molecule has 29 heavy (non-hydrogen) atoms. The molecule has 148 valence electrons. The van der Waals surface area contributed by atoms with Gasteiger partial charge in [-0.1, -0.05) is 6.07 Å². The number of methoxy groups -OCH3 is 3. The first kappa shape index (κ1) is 18.4. The fourth-order valence-electron chi connectivity index (χ4n) is 3.29. The monoisotopic (exact) mass is 393 g/mol. The van der Waals surface area contributed by atoms with Gasteiger partial charge in [0.05, 0.1) is 32.9 Å². The summed E-state index contributed by atoms with van der Waals surface area (Å²) < 4.78 is 15.9. The molecule has 8 heteroatoms. The molecule has 0 aliphatic carbocycles. The van der Waals surface area contributed by atoms with Crippen LogP contribution in [0, 0.1) is 0 Å². The van der Waals surface area contributed by atoms with Crippen molar-refractivity contribution in [1.82, 2.24) is 15.0 Å². The van der Waals surface area contributed by atoms with Crippen molar-refractivity contribution in [3.05, 3.63) is 54.0 Å². The molecule has 0 radical (unpaired) electrons. The number of fused-ring (bicyclic) bond motifs is 1. The van der Waals surface area contributed by atoms with Gasteiger partial charge in [-0.25, -0.2) is 4.98 Å². The number of rotatable bonds is 6. The molecule has 4 rings (SSSR count). The second kappa shape index (κ2) is 7.23. The second-order valence-corrected chi connectivity index (χ2v) is 6.29. The largest absolute Gasteiger partial charge is 0.507 e. The minimum absolute atomic E-state index is 0.132. The van der Waals surface area contributed by atoms with Crippen LogP contribution in [0.1, 0.15) is 16.1 Å².